The summed E-state index contributed by atoms with van der Waals surface area (Å²) in [7, 11) is 4.19. The van der Waals surface area contributed by atoms with E-state index >= 15 is 0 Å². The van der Waals surface area contributed by atoms with E-state index in [9.17, 15) is 4.79 Å². The molecule has 1 saturated heterocycles. The second kappa shape index (κ2) is 7.75. The molecule has 1 fully saturated rings. The first-order chi connectivity index (χ1) is 10.5. The Bertz CT molecular complexity index is 484. The predicted octanol–water partition coefficient (Wildman–Crippen LogP) is 2.28. The number of carbonyl (C=O) groups excluding carboxylic acids is 1. The van der Waals surface area contributed by atoms with Gasteiger partial charge in [0, 0.05) is 31.7 Å². The van der Waals surface area contributed by atoms with E-state index in [-0.39, 0.29) is 5.91 Å². The van der Waals surface area contributed by atoms with Crippen LogP contribution in [0.1, 0.15) is 30.4 Å². The van der Waals surface area contributed by atoms with Gasteiger partial charge in [-0.05, 0) is 33.5 Å². The molecule has 0 N–H and O–H groups in total. The lowest BCUT2D eigenvalue weighted by Crippen LogP contribution is -2.36. The number of carbonyl (C=O) groups is 1. The first kappa shape index (κ1) is 17.0. The minimum absolute atomic E-state index is 0.204. The van der Waals surface area contributed by atoms with Crippen molar-refractivity contribution < 1.29 is 9.53 Å². The zero-order chi connectivity index (χ0) is 16.1. The zero-order valence-corrected chi connectivity index (χ0v) is 14.2. The lowest BCUT2D eigenvalue weighted by atomic mass is 9.93. The molecule has 1 aromatic rings. The van der Waals surface area contributed by atoms with Crippen LogP contribution in [0.5, 0.6) is 0 Å². The van der Waals surface area contributed by atoms with Gasteiger partial charge in [0.05, 0.1) is 13.0 Å². The number of amides is 1. The summed E-state index contributed by atoms with van der Waals surface area (Å²) in [5.74, 6) is 0.585. The van der Waals surface area contributed by atoms with Crippen molar-refractivity contribution in [2.45, 2.75) is 32.2 Å². The van der Waals surface area contributed by atoms with E-state index in [1.165, 1.54) is 11.1 Å². The molecular formula is C18H28N2O2. The quantitative estimate of drug-likeness (QED) is 0.756. The third-order valence-corrected chi connectivity index (χ3v) is 4.47. The minimum Gasteiger partial charge on any atom is -0.381 e. The van der Waals surface area contributed by atoms with E-state index in [1.54, 1.807) is 0 Å². The molecule has 1 aliphatic rings. The number of aryl methyl sites for hydroxylation is 1. The Labute approximate surface area is 134 Å². The Balaban J connectivity index is 2.06. The summed E-state index contributed by atoms with van der Waals surface area (Å²) in [6.07, 6.45) is 0.481. The molecular weight excluding hydrogens is 276 g/mol. The minimum atomic E-state index is 0.204. The molecule has 0 aromatic heterocycles. The van der Waals surface area contributed by atoms with Gasteiger partial charge in [-0.15, -0.1) is 0 Å². The van der Waals surface area contributed by atoms with Crippen LogP contribution in [0.2, 0.25) is 0 Å². The third-order valence-electron chi connectivity index (χ3n) is 4.47. The van der Waals surface area contributed by atoms with Gasteiger partial charge in [0.2, 0.25) is 5.91 Å². The van der Waals surface area contributed by atoms with Gasteiger partial charge in [0.1, 0.15) is 0 Å². The van der Waals surface area contributed by atoms with Crippen LogP contribution in [0.3, 0.4) is 0 Å². The Hall–Kier alpha value is -1.39. The van der Waals surface area contributed by atoms with Gasteiger partial charge in [0.15, 0.2) is 0 Å². The van der Waals surface area contributed by atoms with Gasteiger partial charge in [-0.1, -0.05) is 29.8 Å². The first-order valence-corrected chi connectivity index (χ1v) is 8.11. The van der Waals surface area contributed by atoms with E-state index in [0.29, 0.717) is 31.6 Å². The molecule has 1 aromatic carbocycles. The van der Waals surface area contributed by atoms with Gasteiger partial charge in [-0.3, -0.25) is 4.79 Å². The molecule has 1 aliphatic heterocycles. The molecule has 1 amide bonds. The molecule has 0 saturated carbocycles. The second-order valence-corrected chi connectivity index (χ2v) is 6.29. The summed E-state index contributed by atoms with van der Waals surface area (Å²) < 4.78 is 5.30. The van der Waals surface area contributed by atoms with Gasteiger partial charge < -0.3 is 14.5 Å². The van der Waals surface area contributed by atoms with Crippen molar-refractivity contribution in [2.24, 2.45) is 0 Å². The van der Waals surface area contributed by atoms with E-state index in [4.69, 9.17) is 4.74 Å². The SMILES string of the molecule is CCOCCC(=O)N1C[C@H](c2ccc(C)cc2)[C@@H](N(C)C)C1. The number of nitrogens with zero attached hydrogens (tertiary/aromatic N) is 2. The summed E-state index contributed by atoms with van der Waals surface area (Å²) in [5, 5.41) is 0. The van der Waals surface area contributed by atoms with Crippen molar-refractivity contribution in [2.75, 3.05) is 40.4 Å². The van der Waals surface area contributed by atoms with Gasteiger partial charge in [-0.25, -0.2) is 0 Å². The highest BCUT2D eigenvalue weighted by atomic mass is 16.5. The van der Waals surface area contributed by atoms with Gasteiger partial charge in [-0.2, -0.15) is 0 Å². The predicted molar refractivity (Wildman–Crippen MR) is 89.1 cm³/mol. The molecule has 4 heteroatoms. The average molecular weight is 304 g/mol. The number of hydrogen-bond acceptors (Lipinski definition) is 3. The largest absolute Gasteiger partial charge is 0.381 e. The molecule has 122 valence electrons. The fourth-order valence-electron chi connectivity index (χ4n) is 3.12. The average Bonchev–Trinajstić information content (AvgIpc) is 2.93. The van der Waals surface area contributed by atoms with Crippen LogP contribution in [0.25, 0.3) is 0 Å². The van der Waals surface area contributed by atoms with Crippen molar-refractivity contribution in [1.29, 1.82) is 0 Å². The number of likely N-dealkylation sites (N-methyl/N-ethyl adjacent to an activating group) is 1. The number of ether oxygens (including phenoxy) is 1. The summed E-state index contributed by atoms with van der Waals surface area (Å²) in [4.78, 5) is 16.6. The van der Waals surface area contributed by atoms with Crippen LogP contribution in [0, 0.1) is 6.92 Å². The summed E-state index contributed by atoms with van der Waals surface area (Å²) in [5.41, 5.74) is 2.59. The molecule has 4 nitrogen and oxygen atoms in total. The van der Waals surface area contributed by atoms with E-state index < -0.39 is 0 Å². The van der Waals surface area contributed by atoms with Crippen LogP contribution < -0.4 is 0 Å². The number of benzene rings is 1. The van der Waals surface area contributed by atoms with E-state index in [1.807, 2.05) is 11.8 Å². The monoisotopic (exact) mass is 304 g/mol. The van der Waals surface area contributed by atoms with Crippen LogP contribution in [-0.2, 0) is 9.53 Å². The highest BCUT2D eigenvalue weighted by Crippen LogP contribution is 2.30. The summed E-state index contributed by atoms with van der Waals surface area (Å²) >= 11 is 0. The normalized spacial score (nSPS) is 21.6. The van der Waals surface area contributed by atoms with Crippen molar-refractivity contribution in [3.8, 4) is 0 Å². The van der Waals surface area contributed by atoms with Gasteiger partial charge >= 0.3 is 0 Å². The first-order valence-electron chi connectivity index (χ1n) is 8.11. The molecule has 22 heavy (non-hydrogen) atoms. The molecule has 0 radical (unpaired) electrons. The van der Waals surface area contributed by atoms with Crippen molar-refractivity contribution in [1.82, 2.24) is 9.80 Å². The molecule has 0 bridgehead atoms. The lowest BCUT2D eigenvalue weighted by molar-refractivity contribution is -0.131. The van der Waals surface area contributed by atoms with Crippen LogP contribution >= 0.6 is 0 Å². The summed E-state index contributed by atoms with van der Waals surface area (Å²) in [6.45, 7) is 6.85. The third kappa shape index (κ3) is 4.08. The van der Waals surface area contributed by atoms with Gasteiger partial charge in [0.25, 0.3) is 0 Å². The highest BCUT2D eigenvalue weighted by Gasteiger charge is 2.36. The molecule has 2 atom stereocenters. The Kier molecular flexibility index (Phi) is 5.98. The lowest BCUT2D eigenvalue weighted by Gasteiger charge is -2.25. The van der Waals surface area contributed by atoms with Crippen LogP contribution in [0.4, 0.5) is 0 Å². The summed E-state index contributed by atoms with van der Waals surface area (Å²) in [6, 6.07) is 9.08. The molecule has 0 spiro atoms. The van der Waals surface area contributed by atoms with Crippen molar-refractivity contribution in [3.63, 3.8) is 0 Å². The maximum atomic E-state index is 12.3. The Morgan fingerprint density at radius 1 is 1.27 bits per heavy atom. The molecule has 0 unspecified atom stereocenters. The Morgan fingerprint density at radius 3 is 2.55 bits per heavy atom. The van der Waals surface area contributed by atoms with E-state index in [2.05, 4.69) is 50.2 Å². The number of likely N-dealkylation sites (tertiary alicyclic amines) is 1. The maximum absolute atomic E-state index is 12.3. The Morgan fingerprint density at radius 2 is 1.95 bits per heavy atom. The van der Waals surface area contributed by atoms with Crippen LogP contribution in [0.15, 0.2) is 24.3 Å². The number of hydrogen-bond donors (Lipinski definition) is 0. The smallest absolute Gasteiger partial charge is 0.224 e. The maximum Gasteiger partial charge on any atom is 0.224 e. The standard InChI is InChI=1S/C18H28N2O2/c1-5-22-11-10-18(21)20-12-16(17(13-20)19(3)4)15-8-6-14(2)7-9-15/h6-9,16-17H,5,10-13H2,1-4H3/t16-,17+/m1/s1. The molecule has 1 heterocycles. The van der Waals surface area contributed by atoms with Crippen molar-refractivity contribution >= 4 is 5.91 Å². The zero-order valence-electron chi connectivity index (χ0n) is 14.2. The number of rotatable bonds is 6. The fraction of sp³-hybridized carbons (Fsp3) is 0.611. The topological polar surface area (TPSA) is 32.8 Å². The second-order valence-electron chi connectivity index (χ2n) is 6.29. The molecule has 2 rings (SSSR count). The molecule has 0 aliphatic carbocycles. The fourth-order valence-corrected chi connectivity index (χ4v) is 3.12. The van der Waals surface area contributed by atoms with Crippen molar-refractivity contribution in [3.05, 3.63) is 35.4 Å². The highest BCUT2D eigenvalue weighted by molar-refractivity contribution is 5.76. The van der Waals surface area contributed by atoms with E-state index in [0.717, 1.165) is 13.1 Å². The van der Waals surface area contributed by atoms with Crippen LogP contribution in [-0.4, -0.2) is 62.1 Å².